The lowest BCUT2D eigenvalue weighted by atomic mass is 9.99. The number of benzene rings is 2. The third kappa shape index (κ3) is 3.59. The van der Waals surface area contributed by atoms with E-state index in [-0.39, 0.29) is 11.1 Å². The summed E-state index contributed by atoms with van der Waals surface area (Å²) < 4.78 is 11.1. The highest BCUT2D eigenvalue weighted by Gasteiger charge is 2.25. The van der Waals surface area contributed by atoms with E-state index in [0.29, 0.717) is 16.0 Å². The zero-order valence-electron chi connectivity index (χ0n) is 13.9. The van der Waals surface area contributed by atoms with Gasteiger partial charge < -0.3 is 14.4 Å². The fourth-order valence-corrected chi connectivity index (χ4v) is 2.61. The van der Waals surface area contributed by atoms with Crippen LogP contribution in [0.3, 0.4) is 0 Å². The molecule has 0 heterocycles. The Morgan fingerprint density at radius 3 is 1.88 bits per heavy atom. The molecule has 0 fully saturated rings. The van der Waals surface area contributed by atoms with Crippen LogP contribution < -0.4 is 14.4 Å². The number of hydrogen-bond donors (Lipinski definition) is 0. The van der Waals surface area contributed by atoms with Crippen molar-refractivity contribution in [3.8, 4) is 11.5 Å². The van der Waals surface area contributed by atoms with E-state index < -0.39 is 11.6 Å². The minimum Gasteiger partial charge on any atom is -0.496 e. The molecule has 0 bridgehead atoms. The molecule has 0 unspecified atom stereocenters. The summed E-state index contributed by atoms with van der Waals surface area (Å²) in [6, 6.07) is 10.1. The lowest BCUT2D eigenvalue weighted by molar-refractivity contribution is 0.0813. The molecule has 0 amide bonds. The van der Waals surface area contributed by atoms with Gasteiger partial charge in [-0.25, -0.2) is 0 Å². The van der Waals surface area contributed by atoms with Gasteiger partial charge in [-0.1, -0.05) is 15.9 Å². The zero-order valence-corrected chi connectivity index (χ0v) is 15.5. The van der Waals surface area contributed by atoms with Crippen molar-refractivity contribution in [1.82, 2.24) is 0 Å². The summed E-state index contributed by atoms with van der Waals surface area (Å²) in [5.74, 6) is -0.596. The first-order valence-corrected chi connectivity index (χ1v) is 7.96. The highest BCUT2D eigenvalue weighted by Crippen LogP contribution is 2.28. The number of ether oxygens (including phenoxy) is 2. The van der Waals surface area contributed by atoms with E-state index in [0.717, 1.165) is 5.69 Å². The van der Waals surface area contributed by atoms with Gasteiger partial charge >= 0.3 is 0 Å². The fraction of sp³-hybridized carbons (Fsp3) is 0.222. The van der Waals surface area contributed by atoms with Gasteiger partial charge in [0.2, 0.25) is 11.6 Å². The molecule has 0 aliphatic rings. The molecular weight excluding hydrogens is 374 g/mol. The fourth-order valence-electron chi connectivity index (χ4n) is 2.25. The van der Waals surface area contributed by atoms with Crippen LogP contribution >= 0.6 is 15.9 Å². The first-order chi connectivity index (χ1) is 11.4. The Bertz CT molecular complexity index is 787. The number of nitrogens with zero attached hydrogens (tertiary/aromatic N) is 1. The molecule has 0 saturated carbocycles. The molecule has 24 heavy (non-hydrogen) atoms. The molecule has 126 valence electrons. The van der Waals surface area contributed by atoms with Crippen molar-refractivity contribution in [2.45, 2.75) is 0 Å². The van der Waals surface area contributed by atoms with Gasteiger partial charge in [-0.3, -0.25) is 9.59 Å². The van der Waals surface area contributed by atoms with Crippen LogP contribution in [0.2, 0.25) is 0 Å². The molecular formula is C18H18BrNO4. The molecule has 0 spiro atoms. The first-order valence-electron chi connectivity index (χ1n) is 7.17. The normalized spacial score (nSPS) is 10.2. The van der Waals surface area contributed by atoms with Crippen LogP contribution in [-0.2, 0) is 0 Å². The number of rotatable bonds is 6. The number of Topliss-reactive ketones (excluding diaryl/α,β-unsaturated/α-hetero) is 2. The maximum absolute atomic E-state index is 12.8. The Kier molecular flexibility index (Phi) is 5.62. The summed E-state index contributed by atoms with van der Waals surface area (Å²) in [4.78, 5) is 27.3. The van der Waals surface area contributed by atoms with Gasteiger partial charge in [0.1, 0.15) is 11.5 Å². The van der Waals surface area contributed by atoms with Gasteiger partial charge in [-0.05, 0) is 36.4 Å². The Labute approximate surface area is 149 Å². The number of carbonyl (C=O) groups is 2. The van der Waals surface area contributed by atoms with Crippen molar-refractivity contribution in [3.63, 3.8) is 0 Å². The molecule has 2 rings (SSSR count). The van der Waals surface area contributed by atoms with E-state index in [2.05, 4.69) is 15.9 Å². The van der Waals surface area contributed by atoms with E-state index in [1.54, 1.807) is 30.3 Å². The van der Waals surface area contributed by atoms with Crippen LogP contribution in [-0.4, -0.2) is 39.9 Å². The molecule has 0 saturated heterocycles. The summed E-state index contributed by atoms with van der Waals surface area (Å²) >= 11 is 3.31. The predicted octanol–water partition coefficient (Wildman–Crippen LogP) is 3.60. The van der Waals surface area contributed by atoms with Crippen molar-refractivity contribution in [1.29, 1.82) is 0 Å². The lowest BCUT2D eigenvalue weighted by Gasteiger charge is -2.15. The second kappa shape index (κ2) is 7.49. The second-order valence-corrected chi connectivity index (χ2v) is 6.20. The molecule has 0 N–H and O–H groups in total. The van der Waals surface area contributed by atoms with Crippen LogP contribution in [0, 0.1) is 0 Å². The summed E-state index contributed by atoms with van der Waals surface area (Å²) in [5.41, 5.74) is 1.22. The predicted molar refractivity (Wildman–Crippen MR) is 96.7 cm³/mol. The summed E-state index contributed by atoms with van der Waals surface area (Å²) in [6.45, 7) is 0. The van der Waals surface area contributed by atoms with Crippen LogP contribution in [0.15, 0.2) is 40.9 Å². The summed E-state index contributed by atoms with van der Waals surface area (Å²) in [6.07, 6.45) is 0. The molecule has 0 aromatic heterocycles. The molecule has 2 aromatic rings. The van der Waals surface area contributed by atoms with Crippen molar-refractivity contribution in [2.75, 3.05) is 33.2 Å². The Morgan fingerprint density at radius 2 is 1.38 bits per heavy atom. The zero-order chi connectivity index (χ0) is 17.9. The minimum absolute atomic E-state index is 0.203. The van der Waals surface area contributed by atoms with Crippen molar-refractivity contribution in [3.05, 3.63) is 52.0 Å². The molecule has 0 aliphatic heterocycles. The number of anilines is 1. The smallest absolute Gasteiger partial charge is 0.237 e. The molecule has 2 aromatic carbocycles. The lowest BCUT2D eigenvalue weighted by Crippen LogP contribution is -2.18. The second-order valence-electron chi connectivity index (χ2n) is 5.28. The Morgan fingerprint density at radius 1 is 0.875 bits per heavy atom. The van der Waals surface area contributed by atoms with E-state index in [9.17, 15) is 9.59 Å². The van der Waals surface area contributed by atoms with Crippen molar-refractivity contribution >= 4 is 33.2 Å². The number of carbonyl (C=O) groups excluding carboxylic acids is 2. The number of halogens is 1. The third-order valence-corrected chi connectivity index (χ3v) is 4.05. The Hall–Kier alpha value is -2.34. The standard InChI is InChI=1S/C18H18BrNO4/c1-20(2)12-6-8-16(24-4)14(10-12)18(22)17(21)13-9-11(19)5-7-15(13)23-3/h5-10H,1-4H3. The summed E-state index contributed by atoms with van der Waals surface area (Å²) in [7, 11) is 6.63. The molecule has 0 radical (unpaired) electrons. The quantitative estimate of drug-likeness (QED) is 0.556. The van der Waals surface area contributed by atoms with Gasteiger partial charge in [0.15, 0.2) is 0 Å². The van der Waals surface area contributed by atoms with Crippen LogP contribution in [0.5, 0.6) is 11.5 Å². The monoisotopic (exact) mass is 391 g/mol. The highest BCUT2D eigenvalue weighted by molar-refractivity contribution is 9.10. The minimum atomic E-state index is -0.651. The highest BCUT2D eigenvalue weighted by atomic mass is 79.9. The van der Waals surface area contributed by atoms with E-state index in [4.69, 9.17) is 9.47 Å². The van der Waals surface area contributed by atoms with Crippen LogP contribution in [0.4, 0.5) is 5.69 Å². The largest absolute Gasteiger partial charge is 0.496 e. The topological polar surface area (TPSA) is 55.8 Å². The van der Waals surface area contributed by atoms with Gasteiger partial charge in [-0.15, -0.1) is 0 Å². The first kappa shape index (κ1) is 18.0. The van der Waals surface area contributed by atoms with Gasteiger partial charge in [-0.2, -0.15) is 0 Å². The Balaban J connectivity index is 2.50. The maximum atomic E-state index is 12.8. The van der Waals surface area contributed by atoms with Crippen molar-refractivity contribution in [2.24, 2.45) is 0 Å². The molecule has 5 nitrogen and oxygen atoms in total. The van der Waals surface area contributed by atoms with Gasteiger partial charge in [0.05, 0.1) is 25.3 Å². The summed E-state index contributed by atoms with van der Waals surface area (Å²) in [5, 5.41) is 0. The SMILES string of the molecule is COc1ccc(Br)cc1C(=O)C(=O)c1cc(N(C)C)ccc1OC. The van der Waals surface area contributed by atoms with Gasteiger partial charge in [0, 0.05) is 24.3 Å². The molecule has 0 atom stereocenters. The molecule has 6 heteroatoms. The van der Waals surface area contributed by atoms with E-state index in [1.807, 2.05) is 25.1 Å². The maximum Gasteiger partial charge on any atom is 0.237 e. The van der Waals surface area contributed by atoms with E-state index in [1.165, 1.54) is 14.2 Å². The molecule has 0 aliphatic carbocycles. The average molecular weight is 392 g/mol. The van der Waals surface area contributed by atoms with Crippen LogP contribution in [0.25, 0.3) is 0 Å². The van der Waals surface area contributed by atoms with Gasteiger partial charge in [0.25, 0.3) is 0 Å². The average Bonchev–Trinajstić information content (AvgIpc) is 2.59. The van der Waals surface area contributed by atoms with Crippen molar-refractivity contribution < 1.29 is 19.1 Å². The van der Waals surface area contributed by atoms with E-state index >= 15 is 0 Å². The number of ketones is 2. The number of hydrogen-bond acceptors (Lipinski definition) is 5. The van der Waals surface area contributed by atoms with Crippen LogP contribution in [0.1, 0.15) is 20.7 Å². The number of methoxy groups -OCH3 is 2. The third-order valence-electron chi connectivity index (χ3n) is 3.56.